The zero-order chi connectivity index (χ0) is 10.4. The van der Waals surface area contributed by atoms with Gasteiger partial charge in [0.2, 0.25) is 5.91 Å². The Hall–Kier alpha value is -0.610. The molecule has 14 heavy (non-hydrogen) atoms. The molecule has 0 unspecified atom stereocenters. The molecule has 0 spiro atoms. The lowest BCUT2D eigenvalue weighted by atomic mass is 10.2. The topological polar surface area (TPSA) is 49.6 Å². The highest BCUT2D eigenvalue weighted by Gasteiger charge is 2.16. The van der Waals surface area contributed by atoms with Crippen LogP contribution in [0, 0.1) is 0 Å². The summed E-state index contributed by atoms with van der Waals surface area (Å²) < 4.78 is 0. The van der Waals surface area contributed by atoms with Gasteiger partial charge >= 0.3 is 0 Å². The van der Waals surface area contributed by atoms with Crippen molar-refractivity contribution >= 4 is 5.91 Å². The van der Waals surface area contributed by atoms with Gasteiger partial charge in [-0.3, -0.25) is 4.79 Å². The highest BCUT2D eigenvalue weighted by atomic mass is 16.2. The standard InChI is InChI=1S/C10H21N3O/c1-12-6-3-7-13(9-8-12)10(14)4-2-5-11/h2-9,11H2,1H3. The van der Waals surface area contributed by atoms with Gasteiger partial charge in [0.15, 0.2) is 0 Å². The number of hydrogen-bond donors (Lipinski definition) is 1. The maximum atomic E-state index is 11.7. The Morgan fingerprint density at radius 2 is 2.07 bits per heavy atom. The molecule has 0 bridgehead atoms. The molecule has 1 rings (SSSR count). The van der Waals surface area contributed by atoms with E-state index >= 15 is 0 Å². The summed E-state index contributed by atoms with van der Waals surface area (Å²) in [7, 11) is 2.11. The van der Waals surface area contributed by atoms with Crippen molar-refractivity contribution in [3.05, 3.63) is 0 Å². The molecular weight excluding hydrogens is 178 g/mol. The number of carbonyl (C=O) groups is 1. The molecule has 4 heteroatoms. The van der Waals surface area contributed by atoms with Crippen molar-refractivity contribution in [2.45, 2.75) is 19.3 Å². The smallest absolute Gasteiger partial charge is 0.222 e. The number of amides is 1. The van der Waals surface area contributed by atoms with E-state index in [2.05, 4.69) is 11.9 Å². The first kappa shape index (κ1) is 11.5. The predicted molar refractivity (Wildman–Crippen MR) is 57.0 cm³/mol. The molecule has 0 saturated carbocycles. The molecule has 1 heterocycles. The van der Waals surface area contributed by atoms with Crippen LogP contribution in [0.15, 0.2) is 0 Å². The molecule has 1 aliphatic heterocycles. The van der Waals surface area contributed by atoms with Crippen LogP contribution in [0.25, 0.3) is 0 Å². The van der Waals surface area contributed by atoms with Crippen molar-refractivity contribution in [1.82, 2.24) is 9.80 Å². The van der Waals surface area contributed by atoms with Gasteiger partial charge in [-0.2, -0.15) is 0 Å². The van der Waals surface area contributed by atoms with E-state index in [1.807, 2.05) is 4.90 Å². The summed E-state index contributed by atoms with van der Waals surface area (Å²) in [6.07, 6.45) is 2.51. The van der Waals surface area contributed by atoms with Crippen LogP contribution in [0.2, 0.25) is 0 Å². The van der Waals surface area contributed by atoms with E-state index in [1.54, 1.807) is 0 Å². The Morgan fingerprint density at radius 3 is 2.79 bits per heavy atom. The third-order valence-corrected chi connectivity index (χ3v) is 2.67. The average molecular weight is 199 g/mol. The summed E-state index contributed by atoms with van der Waals surface area (Å²) in [5.74, 6) is 0.269. The second-order valence-corrected chi connectivity index (χ2v) is 3.93. The Kier molecular flexibility index (Phi) is 4.90. The van der Waals surface area contributed by atoms with Crippen LogP contribution in [0.4, 0.5) is 0 Å². The van der Waals surface area contributed by atoms with Crippen molar-refractivity contribution in [3.8, 4) is 0 Å². The van der Waals surface area contributed by atoms with Crippen molar-refractivity contribution in [2.75, 3.05) is 39.8 Å². The molecule has 0 aromatic heterocycles. The third-order valence-electron chi connectivity index (χ3n) is 2.67. The first-order chi connectivity index (χ1) is 6.74. The monoisotopic (exact) mass is 199 g/mol. The number of nitrogens with zero attached hydrogens (tertiary/aromatic N) is 2. The molecule has 0 radical (unpaired) electrons. The summed E-state index contributed by atoms with van der Waals surface area (Å²) in [4.78, 5) is 15.9. The molecule has 4 nitrogen and oxygen atoms in total. The minimum absolute atomic E-state index is 0.269. The van der Waals surface area contributed by atoms with Crippen molar-refractivity contribution < 1.29 is 4.79 Å². The zero-order valence-corrected chi connectivity index (χ0v) is 9.04. The molecule has 0 aromatic rings. The van der Waals surface area contributed by atoms with E-state index in [-0.39, 0.29) is 5.91 Å². The second-order valence-electron chi connectivity index (χ2n) is 3.93. The lowest BCUT2D eigenvalue weighted by Gasteiger charge is -2.20. The van der Waals surface area contributed by atoms with Crippen LogP contribution in [-0.4, -0.2) is 55.5 Å². The van der Waals surface area contributed by atoms with Gasteiger partial charge in [0.1, 0.15) is 0 Å². The average Bonchev–Trinajstić information content (AvgIpc) is 2.39. The molecule has 82 valence electrons. The molecule has 0 aliphatic carbocycles. The van der Waals surface area contributed by atoms with Crippen LogP contribution in [0.1, 0.15) is 19.3 Å². The van der Waals surface area contributed by atoms with E-state index in [4.69, 9.17) is 5.73 Å². The Balaban J connectivity index is 2.31. The normalized spacial score (nSPS) is 19.4. The summed E-state index contributed by atoms with van der Waals surface area (Å²) in [5, 5.41) is 0. The fraction of sp³-hybridized carbons (Fsp3) is 0.900. The lowest BCUT2D eigenvalue weighted by Crippen LogP contribution is -2.34. The van der Waals surface area contributed by atoms with Crippen LogP contribution < -0.4 is 5.73 Å². The van der Waals surface area contributed by atoms with Crippen molar-refractivity contribution in [1.29, 1.82) is 0 Å². The van der Waals surface area contributed by atoms with Crippen LogP contribution in [0.3, 0.4) is 0 Å². The van der Waals surface area contributed by atoms with Gasteiger partial charge in [0, 0.05) is 26.1 Å². The van der Waals surface area contributed by atoms with Gasteiger partial charge < -0.3 is 15.5 Å². The molecule has 1 amide bonds. The summed E-state index contributed by atoms with van der Waals surface area (Å²) in [5.41, 5.74) is 5.38. The van der Waals surface area contributed by atoms with Gasteiger partial charge in [-0.15, -0.1) is 0 Å². The quantitative estimate of drug-likeness (QED) is 0.690. The highest BCUT2D eigenvalue weighted by Crippen LogP contribution is 2.04. The van der Waals surface area contributed by atoms with Crippen LogP contribution in [0.5, 0.6) is 0 Å². The first-order valence-electron chi connectivity index (χ1n) is 5.40. The maximum absolute atomic E-state index is 11.7. The van der Waals surface area contributed by atoms with E-state index < -0.39 is 0 Å². The maximum Gasteiger partial charge on any atom is 0.222 e. The van der Waals surface area contributed by atoms with Crippen LogP contribution in [-0.2, 0) is 4.79 Å². The van der Waals surface area contributed by atoms with Gasteiger partial charge in [-0.05, 0) is 33.0 Å². The fourth-order valence-electron chi connectivity index (χ4n) is 1.71. The molecule has 1 saturated heterocycles. The van der Waals surface area contributed by atoms with E-state index in [1.165, 1.54) is 0 Å². The Labute approximate surface area is 86.0 Å². The SMILES string of the molecule is CN1CCCN(C(=O)CCCN)CC1. The predicted octanol–water partition coefficient (Wildman–Crippen LogP) is -0.111. The Bertz CT molecular complexity index is 184. The first-order valence-corrected chi connectivity index (χ1v) is 5.40. The second kappa shape index (κ2) is 5.98. The van der Waals surface area contributed by atoms with Gasteiger partial charge in [0.25, 0.3) is 0 Å². The van der Waals surface area contributed by atoms with E-state index in [9.17, 15) is 4.79 Å². The van der Waals surface area contributed by atoms with E-state index in [0.717, 1.165) is 39.0 Å². The number of carbonyl (C=O) groups excluding carboxylic acids is 1. The number of hydrogen-bond acceptors (Lipinski definition) is 3. The Morgan fingerprint density at radius 1 is 1.29 bits per heavy atom. The molecular formula is C10H21N3O. The molecule has 1 aliphatic rings. The lowest BCUT2D eigenvalue weighted by molar-refractivity contribution is -0.131. The minimum Gasteiger partial charge on any atom is -0.341 e. The van der Waals surface area contributed by atoms with Gasteiger partial charge in [-0.1, -0.05) is 0 Å². The number of nitrogens with two attached hydrogens (primary N) is 1. The van der Waals surface area contributed by atoms with E-state index in [0.29, 0.717) is 13.0 Å². The van der Waals surface area contributed by atoms with Crippen molar-refractivity contribution in [2.24, 2.45) is 5.73 Å². The van der Waals surface area contributed by atoms with Gasteiger partial charge in [-0.25, -0.2) is 0 Å². The summed E-state index contributed by atoms with van der Waals surface area (Å²) in [6.45, 7) is 4.49. The largest absolute Gasteiger partial charge is 0.341 e. The summed E-state index contributed by atoms with van der Waals surface area (Å²) >= 11 is 0. The molecule has 2 N–H and O–H groups in total. The van der Waals surface area contributed by atoms with Crippen molar-refractivity contribution in [3.63, 3.8) is 0 Å². The zero-order valence-electron chi connectivity index (χ0n) is 9.04. The molecule has 0 aromatic carbocycles. The number of rotatable bonds is 3. The summed E-state index contributed by atoms with van der Waals surface area (Å²) in [6, 6.07) is 0. The number of likely N-dealkylation sites (N-methyl/N-ethyl adjacent to an activating group) is 1. The minimum atomic E-state index is 0.269. The molecule has 0 atom stereocenters. The highest BCUT2D eigenvalue weighted by molar-refractivity contribution is 5.76. The van der Waals surface area contributed by atoms with Gasteiger partial charge in [0.05, 0.1) is 0 Å². The molecule has 1 fully saturated rings. The van der Waals surface area contributed by atoms with Crippen LogP contribution >= 0.6 is 0 Å². The fourth-order valence-corrected chi connectivity index (χ4v) is 1.71. The third kappa shape index (κ3) is 3.64.